The first-order valence-electron chi connectivity index (χ1n) is 10.9. The summed E-state index contributed by atoms with van der Waals surface area (Å²) in [5, 5.41) is 0. The van der Waals surface area contributed by atoms with Gasteiger partial charge in [0, 0.05) is 5.56 Å². The average Bonchev–Trinajstić information content (AvgIpc) is 2.77. The second-order valence-corrected chi connectivity index (χ2v) is 9.26. The summed E-state index contributed by atoms with van der Waals surface area (Å²) in [6, 6.07) is 22.2. The molecule has 0 amide bonds. The quantitative estimate of drug-likeness (QED) is 0.181. The molecular weight excluding hydrogens is 396 g/mol. The van der Waals surface area contributed by atoms with E-state index in [4.69, 9.17) is 4.74 Å². The van der Waals surface area contributed by atoms with Crippen molar-refractivity contribution in [2.45, 2.75) is 46.0 Å². The van der Waals surface area contributed by atoms with Gasteiger partial charge < -0.3 is 4.74 Å². The molecule has 0 unspecified atom stereocenters. The first-order valence-corrected chi connectivity index (χ1v) is 10.9. The van der Waals surface area contributed by atoms with Gasteiger partial charge in [0.15, 0.2) is 5.78 Å². The second-order valence-electron chi connectivity index (χ2n) is 9.26. The third-order valence-electron chi connectivity index (χ3n) is 5.37. The van der Waals surface area contributed by atoms with E-state index in [1.165, 1.54) is 5.56 Å². The highest BCUT2D eigenvalue weighted by Crippen LogP contribution is 2.23. The Labute approximate surface area is 190 Å². The monoisotopic (exact) mass is 426 g/mol. The lowest BCUT2D eigenvalue weighted by atomic mass is 9.87. The zero-order chi connectivity index (χ0) is 23.3. The van der Waals surface area contributed by atoms with Crippen molar-refractivity contribution in [3.8, 4) is 5.75 Å². The van der Waals surface area contributed by atoms with Crippen molar-refractivity contribution >= 4 is 17.8 Å². The molecule has 3 heteroatoms. The van der Waals surface area contributed by atoms with Crippen LogP contribution in [-0.2, 0) is 5.41 Å². The number of rotatable bonds is 6. The van der Waals surface area contributed by atoms with Crippen LogP contribution in [-0.4, -0.2) is 11.8 Å². The van der Waals surface area contributed by atoms with Gasteiger partial charge >= 0.3 is 5.97 Å². The number of hydrogen-bond donors (Lipinski definition) is 0. The second kappa shape index (κ2) is 9.78. The summed E-state index contributed by atoms with van der Waals surface area (Å²) in [5.74, 6) is 0.354. The van der Waals surface area contributed by atoms with E-state index < -0.39 is 5.97 Å². The van der Waals surface area contributed by atoms with Crippen molar-refractivity contribution < 1.29 is 14.3 Å². The highest BCUT2D eigenvalue weighted by atomic mass is 16.5. The molecule has 164 valence electrons. The van der Waals surface area contributed by atoms with Crippen LogP contribution in [0.5, 0.6) is 5.75 Å². The van der Waals surface area contributed by atoms with Gasteiger partial charge in [-0.3, -0.25) is 4.79 Å². The molecule has 0 aliphatic rings. The van der Waals surface area contributed by atoms with Crippen LogP contribution < -0.4 is 4.74 Å². The molecule has 0 radical (unpaired) electrons. The molecule has 0 aliphatic carbocycles. The highest BCUT2D eigenvalue weighted by Gasteiger charge is 2.15. The molecule has 0 saturated carbocycles. The first-order chi connectivity index (χ1) is 15.1. The number of ether oxygens (including phenoxy) is 1. The molecule has 0 heterocycles. The molecule has 0 aliphatic heterocycles. The Bertz CT molecular complexity index is 1100. The van der Waals surface area contributed by atoms with Gasteiger partial charge in [0.05, 0.1) is 5.56 Å². The molecule has 0 atom stereocenters. The number of esters is 1. The van der Waals surface area contributed by atoms with Crippen LogP contribution >= 0.6 is 0 Å². The van der Waals surface area contributed by atoms with E-state index in [1.807, 2.05) is 30.3 Å². The number of carbonyl (C=O) groups excluding carboxylic acids is 2. The van der Waals surface area contributed by atoms with E-state index in [-0.39, 0.29) is 11.2 Å². The molecule has 0 fully saturated rings. The van der Waals surface area contributed by atoms with Gasteiger partial charge in [-0.05, 0) is 70.5 Å². The smallest absolute Gasteiger partial charge is 0.343 e. The van der Waals surface area contributed by atoms with Crippen molar-refractivity contribution in [3.05, 3.63) is 107 Å². The van der Waals surface area contributed by atoms with Crippen LogP contribution in [0, 0.1) is 0 Å². The Balaban J connectivity index is 1.61. The fourth-order valence-corrected chi connectivity index (χ4v) is 3.22. The van der Waals surface area contributed by atoms with Gasteiger partial charge in [-0.25, -0.2) is 4.79 Å². The number of allylic oxidation sites excluding steroid dienone is 1. The van der Waals surface area contributed by atoms with Gasteiger partial charge in [0.25, 0.3) is 0 Å². The summed E-state index contributed by atoms with van der Waals surface area (Å²) in [5.41, 5.74) is 4.45. The number of ketones is 1. The van der Waals surface area contributed by atoms with Crippen LogP contribution in [0.25, 0.3) is 6.08 Å². The number of benzene rings is 3. The molecule has 0 N–H and O–H groups in total. The van der Waals surface area contributed by atoms with Gasteiger partial charge in [-0.2, -0.15) is 0 Å². The Kier molecular flexibility index (Phi) is 7.09. The largest absolute Gasteiger partial charge is 0.423 e. The first kappa shape index (κ1) is 23.2. The minimum absolute atomic E-state index is 0.0246. The molecule has 3 nitrogen and oxygen atoms in total. The molecule has 3 aromatic carbocycles. The van der Waals surface area contributed by atoms with Gasteiger partial charge in [-0.15, -0.1) is 0 Å². The fourth-order valence-electron chi connectivity index (χ4n) is 3.22. The normalized spacial score (nSPS) is 11.7. The SMILES string of the molecule is CC(C)c1ccc(/C=C/C(=O)c2ccc(OC(=O)c3ccc(C(C)(C)C)cc3)cc2)cc1. The lowest BCUT2D eigenvalue weighted by molar-refractivity contribution is 0.0734. The lowest BCUT2D eigenvalue weighted by Gasteiger charge is -2.18. The average molecular weight is 427 g/mol. The van der Waals surface area contributed by atoms with Crippen LogP contribution in [0.3, 0.4) is 0 Å². The van der Waals surface area contributed by atoms with Crippen LogP contribution in [0.15, 0.2) is 78.9 Å². The van der Waals surface area contributed by atoms with E-state index in [2.05, 4.69) is 46.8 Å². The van der Waals surface area contributed by atoms with Crippen LogP contribution in [0.4, 0.5) is 0 Å². The fraction of sp³-hybridized carbons (Fsp3) is 0.241. The minimum atomic E-state index is -0.422. The van der Waals surface area contributed by atoms with Gasteiger partial charge in [0.2, 0.25) is 0 Å². The van der Waals surface area contributed by atoms with E-state index in [1.54, 1.807) is 42.5 Å². The minimum Gasteiger partial charge on any atom is -0.423 e. The summed E-state index contributed by atoms with van der Waals surface area (Å²) in [6.07, 6.45) is 3.36. The van der Waals surface area contributed by atoms with Crippen molar-refractivity contribution in [1.82, 2.24) is 0 Å². The van der Waals surface area contributed by atoms with Gasteiger partial charge in [0.1, 0.15) is 5.75 Å². The lowest BCUT2D eigenvalue weighted by Crippen LogP contribution is -2.13. The molecule has 32 heavy (non-hydrogen) atoms. The van der Waals surface area contributed by atoms with E-state index >= 15 is 0 Å². The maximum atomic E-state index is 12.5. The molecule has 0 spiro atoms. The van der Waals surface area contributed by atoms with Gasteiger partial charge in [-0.1, -0.05) is 77.1 Å². The Morgan fingerprint density at radius 2 is 1.34 bits per heavy atom. The van der Waals surface area contributed by atoms with E-state index in [0.29, 0.717) is 22.8 Å². The standard InChI is InChI=1S/C29H30O3/c1-20(2)22-9-6-21(7-10-22)8-19-27(30)23-13-17-26(18-14-23)32-28(31)24-11-15-25(16-12-24)29(3,4)5/h6-20H,1-5H3/b19-8+. The van der Waals surface area contributed by atoms with Crippen LogP contribution in [0.2, 0.25) is 0 Å². The molecule has 3 rings (SSSR count). The van der Waals surface area contributed by atoms with E-state index in [0.717, 1.165) is 11.1 Å². The molecule has 3 aromatic rings. The maximum Gasteiger partial charge on any atom is 0.343 e. The zero-order valence-electron chi connectivity index (χ0n) is 19.4. The Hall–Kier alpha value is -3.46. The summed E-state index contributed by atoms with van der Waals surface area (Å²) in [7, 11) is 0. The molecule has 0 bridgehead atoms. The van der Waals surface area contributed by atoms with Crippen molar-refractivity contribution in [1.29, 1.82) is 0 Å². The predicted molar refractivity (Wildman–Crippen MR) is 130 cm³/mol. The third-order valence-corrected chi connectivity index (χ3v) is 5.37. The molecule has 0 saturated heterocycles. The topological polar surface area (TPSA) is 43.4 Å². The molecular formula is C29H30O3. The summed E-state index contributed by atoms with van der Waals surface area (Å²) in [6.45, 7) is 10.7. The summed E-state index contributed by atoms with van der Waals surface area (Å²) >= 11 is 0. The van der Waals surface area contributed by atoms with Crippen molar-refractivity contribution in [2.75, 3.05) is 0 Å². The zero-order valence-corrected chi connectivity index (χ0v) is 19.4. The summed E-state index contributed by atoms with van der Waals surface area (Å²) in [4.78, 5) is 24.9. The predicted octanol–water partition coefficient (Wildman–Crippen LogP) is 7.22. The third kappa shape index (κ3) is 6.04. The van der Waals surface area contributed by atoms with E-state index in [9.17, 15) is 9.59 Å². The van der Waals surface area contributed by atoms with Crippen LogP contribution in [0.1, 0.15) is 77.9 Å². The maximum absolute atomic E-state index is 12.5. The Morgan fingerprint density at radius 1 is 0.781 bits per heavy atom. The number of carbonyl (C=O) groups is 2. The summed E-state index contributed by atoms with van der Waals surface area (Å²) < 4.78 is 5.45. The Morgan fingerprint density at radius 3 is 1.88 bits per heavy atom. The highest BCUT2D eigenvalue weighted by molar-refractivity contribution is 6.06. The van der Waals surface area contributed by atoms with Crippen molar-refractivity contribution in [3.63, 3.8) is 0 Å². The number of hydrogen-bond acceptors (Lipinski definition) is 3. The molecule has 0 aromatic heterocycles. The van der Waals surface area contributed by atoms with Crippen molar-refractivity contribution in [2.24, 2.45) is 0 Å².